The van der Waals surface area contributed by atoms with Gasteiger partial charge in [-0.05, 0) is 37.1 Å². The molecular formula is C31H29N7O2. The number of benzene rings is 2. The van der Waals surface area contributed by atoms with Gasteiger partial charge in [-0.3, -0.25) is 9.20 Å². The van der Waals surface area contributed by atoms with Crippen molar-refractivity contribution in [3.8, 4) is 34.1 Å². The molecular weight excluding hydrogens is 502 g/mol. The first-order chi connectivity index (χ1) is 19.7. The monoisotopic (exact) mass is 531 g/mol. The smallest absolute Gasteiger partial charge is 0.245 e. The van der Waals surface area contributed by atoms with E-state index in [1.807, 2.05) is 46.1 Å². The maximum Gasteiger partial charge on any atom is 0.245 e. The highest BCUT2D eigenvalue weighted by atomic mass is 16.5. The summed E-state index contributed by atoms with van der Waals surface area (Å²) in [5, 5.41) is 8.23. The summed E-state index contributed by atoms with van der Waals surface area (Å²) in [7, 11) is 0. The fourth-order valence-corrected chi connectivity index (χ4v) is 5.78. The van der Waals surface area contributed by atoms with Gasteiger partial charge in [-0.15, -0.1) is 0 Å². The summed E-state index contributed by atoms with van der Waals surface area (Å²) < 4.78 is 10.1. The number of hydrogen-bond donors (Lipinski definition) is 1. The molecule has 0 saturated carbocycles. The molecule has 9 heteroatoms. The summed E-state index contributed by atoms with van der Waals surface area (Å²) in [6.07, 6.45) is 8.66. The Morgan fingerprint density at radius 2 is 1.88 bits per heavy atom. The van der Waals surface area contributed by atoms with Crippen LogP contribution in [0.15, 0.2) is 91.9 Å². The Bertz CT molecular complexity index is 1690. The summed E-state index contributed by atoms with van der Waals surface area (Å²) in [5.41, 5.74) is 4.93. The number of piperidine rings is 1. The number of rotatable bonds is 6. The van der Waals surface area contributed by atoms with Gasteiger partial charge in [0.05, 0.1) is 17.4 Å². The number of aromatic nitrogens is 5. The fourth-order valence-electron chi connectivity index (χ4n) is 5.78. The number of fused-ring (bicyclic) bond motifs is 2. The van der Waals surface area contributed by atoms with Crippen LogP contribution in [0.5, 0.6) is 5.75 Å². The van der Waals surface area contributed by atoms with Gasteiger partial charge >= 0.3 is 0 Å². The molecule has 2 aliphatic rings. The molecule has 9 nitrogen and oxygen atoms in total. The molecule has 2 aliphatic heterocycles. The zero-order valence-electron chi connectivity index (χ0n) is 22.0. The molecule has 5 heterocycles. The lowest BCUT2D eigenvalue weighted by Gasteiger charge is -2.33. The van der Waals surface area contributed by atoms with Gasteiger partial charge in [-0.1, -0.05) is 49.0 Å². The van der Waals surface area contributed by atoms with Crippen molar-refractivity contribution in [3.05, 3.63) is 97.5 Å². The molecule has 3 aromatic heterocycles. The number of imidazole rings is 1. The van der Waals surface area contributed by atoms with Crippen LogP contribution in [0.2, 0.25) is 0 Å². The average Bonchev–Trinajstić information content (AvgIpc) is 3.76. The molecule has 0 unspecified atom stereocenters. The molecule has 0 radical (unpaired) electrons. The fraction of sp³-hybridized carbons (Fsp3) is 0.226. The van der Waals surface area contributed by atoms with Crippen LogP contribution in [0.25, 0.3) is 34.1 Å². The Labute approximate surface area is 231 Å². The molecule has 0 aliphatic carbocycles. The Balaban J connectivity index is 1.23. The van der Waals surface area contributed by atoms with Crippen molar-refractivity contribution in [2.24, 2.45) is 0 Å². The summed E-state index contributed by atoms with van der Waals surface area (Å²) in [6, 6.07) is 20.9. The molecule has 1 amide bonds. The quantitative estimate of drug-likeness (QED) is 0.326. The second-order valence-corrected chi connectivity index (χ2v) is 10.2. The number of ether oxygens (including phenoxy) is 1. The maximum atomic E-state index is 11.9. The van der Waals surface area contributed by atoms with Crippen molar-refractivity contribution in [3.63, 3.8) is 0 Å². The molecule has 1 atom stereocenters. The lowest BCUT2D eigenvalue weighted by atomic mass is 9.99. The number of nitrogens with zero attached hydrogens (tertiary/aromatic N) is 6. The van der Waals surface area contributed by atoms with E-state index in [-0.39, 0.29) is 11.9 Å². The first-order valence-electron chi connectivity index (χ1n) is 13.6. The van der Waals surface area contributed by atoms with E-state index >= 15 is 0 Å². The Kier molecular flexibility index (Phi) is 6.13. The number of nitrogens with one attached hydrogen (secondary N) is 1. The standard InChI is InChI=1S/C31H29N7O2/c1-2-28(39)36-17-12-23(13-18-36)34-25-20-40-26-19-22(9-10-24(25)26)29-30(21-7-4-3-5-8-21)38-27(37-16-6-14-33-37)11-15-32-31(38)35-29/h2-11,14-16,19,23,25,34H,1,12-13,17-18,20H2/t25-/m0/s1. The third-order valence-electron chi connectivity index (χ3n) is 7.77. The largest absolute Gasteiger partial charge is 0.491 e. The molecule has 1 fully saturated rings. The Morgan fingerprint density at radius 3 is 2.65 bits per heavy atom. The predicted molar refractivity (Wildman–Crippen MR) is 152 cm³/mol. The van der Waals surface area contributed by atoms with E-state index in [4.69, 9.17) is 9.72 Å². The molecule has 0 spiro atoms. The number of carbonyl (C=O) groups excluding carboxylic acids is 1. The van der Waals surface area contributed by atoms with Crippen molar-refractivity contribution < 1.29 is 9.53 Å². The summed E-state index contributed by atoms with van der Waals surface area (Å²) >= 11 is 0. The lowest BCUT2D eigenvalue weighted by Crippen LogP contribution is -2.45. The number of carbonyl (C=O) groups is 1. The van der Waals surface area contributed by atoms with Gasteiger partial charge in [0.15, 0.2) is 0 Å². The van der Waals surface area contributed by atoms with Crippen LogP contribution in [-0.4, -0.2) is 60.7 Å². The molecule has 1 N–H and O–H groups in total. The SMILES string of the molecule is C=CC(=O)N1CCC(N[C@H]2COc3cc(-c4nc5nccc(-n6cccn6)n5c4-c4ccccc4)ccc32)CC1. The van der Waals surface area contributed by atoms with Gasteiger partial charge < -0.3 is 15.0 Å². The minimum atomic E-state index is 0.00860. The van der Waals surface area contributed by atoms with Gasteiger partial charge in [0.1, 0.15) is 18.2 Å². The van der Waals surface area contributed by atoms with E-state index in [1.165, 1.54) is 6.08 Å². The third kappa shape index (κ3) is 4.24. The minimum absolute atomic E-state index is 0.00860. The zero-order chi connectivity index (χ0) is 27.1. The van der Waals surface area contributed by atoms with Gasteiger partial charge in [0, 0.05) is 54.4 Å². The lowest BCUT2D eigenvalue weighted by molar-refractivity contribution is -0.127. The highest BCUT2D eigenvalue weighted by Crippen LogP contribution is 2.40. The highest BCUT2D eigenvalue weighted by Gasteiger charge is 2.30. The van der Waals surface area contributed by atoms with Crippen LogP contribution in [0.3, 0.4) is 0 Å². The van der Waals surface area contributed by atoms with Crippen LogP contribution >= 0.6 is 0 Å². The van der Waals surface area contributed by atoms with Crippen molar-refractivity contribution in [1.29, 1.82) is 0 Å². The van der Waals surface area contributed by atoms with E-state index in [2.05, 4.69) is 56.7 Å². The summed E-state index contributed by atoms with van der Waals surface area (Å²) in [4.78, 5) is 23.4. The topological polar surface area (TPSA) is 89.6 Å². The molecule has 2 aromatic carbocycles. The van der Waals surface area contributed by atoms with Gasteiger partial charge in [-0.2, -0.15) is 5.10 Å². The van der Waals surface area contributed by atoms with Crippen LogP contribution in [0.4, 0.5) is 0 Å². The van der Waals surface area contributed by atoms with Gasteiger partial charge in [0.2, 0.25) is 11.7 Å². The van der Waals surface area contributed by atoms with Crippen molar-refractivity contribution in [2.75, 3.05) is 19.7 Å². The molecule has 7 rings (SSSR count). The number of likely N-dealkylation sites (tertiary alicyclic amines) is 1. The van der Waals surface area contributed by atoms with Crippen molar-refractivity contribution >= 4 is 11.7 Å². The van der Waals surface area contributed by atoms with E-state index in [9.17, 15) is 4.79 Å². The van der Waals surface area contributed by atoms with Crippen LogP contribution in [0, 0.1) is 0 Å². The normalized spacial score (nSPS) is 17.1. The second-order valence-electron chi connectivity index (χ2n) is 10.2. The van der Waals surface area contributed by atoms with E-state index in [0.717, 1.165) is 65.6 Å². The number of amides is 1. The van der Waals surface area contributed by atoms with E-state index in [1.54, 1.807) is 12.4 Å². The number of hydrogen-bond acceptors (Lipinski definition) is 6. The van der Waals surface area contributed by atoms with E-state index < -0.39 is 0 Å². The molecule has 40 heavy (non-hydrogen) atoms. The molecule has 200 valence electrons. The molecule has 0 bridgehead atoms. The van der Waals surface area contributed by atoms with Crippen molar-refractivity contribution in [1.82, 2.24) is 34.4 Å². The van der Waals surface area contributed by atoms with Gasteiger partial charge in [0.25, 0.3) is 0 Å². The zero-order valence-corrected chi connectivity index (χ0v) is 22.0. The maximum absolute atomic E-state index is 11.9. The predicted octanol–water partition coefficient (Wildman–Crippen LogP) is 4.45. The van der Waals surface area contributed by atoms with Gasteiger partial charge in [-0.25, -0.2) is 14.6 Å². The van der Waals surface area contributed by atoms with Crippen LogP contribution in [0.1, 0.15) is 24.4 Å². The Morgan fingerprint density at radius 1 is 1.02 bits per heavy atom. The summed E-state index contributed by atoms with van der Waals surface area (Å²) in [6.45, 7) is 5.67. The third-order valence-corrected chi connectivity index (χ3v) is 7.77. The molecule has 1 saturated heterocycles. The van der Waals surface area contributed by atoms with Crippen LogP contribution in [-0.2, 0) is 4.79 Å². The van der Waals surface area contributed by atoms with E-state index in [0.29, 0.717) is 18.4 Å². The van der Waals surface area contributed by atoms with Crippen molar-refractivity contribution in [2.45, 2.75) is 24.9 Å². The highest BCUT2D eigenvalue weighted by molar-refractivity contribution is 5.87. The average molecular weight is 532 g/mol. The first kappa shape index (κ1) is 24.3. The first-order valence-corrected chi connectivity index (χ1v) is 13.6. The second kappa shape index (κ2) is 10.1. The molecule has 5 aromatic rings. The van der Waals surface area contributed by atoms with Crippen LogP contribution < -0.4 is 10.1 Å². The Hall–Kier alpha value is -4.76. The minimum Gasteiger partial charge on any atom is -0.491 e. The summed E-state index contributed by atoms with van der Waals surface area (Å²) in [5.74, 6) is 2.33.